The minimum atomic E-state index is -1.27. The molecular weight excluding hydrogens is 379 g/mol. The van der Waals surface area contributed by atoms with E-state index in [0.717, 1.165) is 25.7 Å². The van der Waals surface area contributed by atoms with Crippen LogP contribution in [-0.4, -0.2) is 42.4 Å². The molecule has 2 aromatic carbocycles. The molecule has 7 heteroatoms. The van der Waals surface area contributed by atoms with Crippen LogP contribution in [0, 0.1) is 0 Å². The number of nitrogens with zero attached hydrogens (tertiary/aromatic N) is 2. The Bertz CT molecular complexity index is 816. The van der Waals surface area contributed by atoms with E-state index in [0.29, 0.717) is 5.69 Å². The van der Waals surface area contributed by atoms with Gasteiger partial charge in [0.25, 0.3) is 0 Å². The number of aromatic nitrogens is 2. The van der Waals surface area contributed by atoms with Crippen LogP contribution in [0.1, 0.15) is 0 Å². The van der Waals surface area contributed by atoms with Crippen molar-refractivity contribution in [3.05, 3.63) is 48.5 Å². The van der Waals surface area contributed by atoms with Gasteiger partial charge in [0.05, 0.1) is 0 Å². The van der Waals surface area contributed by atoms with Crippen LogP contribution in [0.25, 0.3) is 11.3 Å². The van der Waals surface area contributed by atoms with Crippen LogP contribution in [0.15, 0.2) is 57.2 Å². The van der Waals surface area contributed by atoms with E-state index >= 15 is 0 Å². The molecule has 0 bridgehead atoms. The van der Waals surface area contributed by atoms with Gasteiger partial charge in [0.1, 0.15) is 0 Å². The van der Waals surface area contributed by atoms with Crippen LogP contribution in [0.3, 0.4) is 0 Å². The molecule has 1 unspecified atom stereocenters. The normalized spacial score (nSPS) is 11.9. The Morgan fingerprint density at radius 2 is 1.48 bits per heavy atom. The first-order valence-corrected chi connectivity index (χ1v) is 9.53. The molecule has 3 rings (SSSR count). The first kappa shape index (κ1) is 15.9. The Labute approximate surface area is 142 Å². The van der Waals surface area contributed by atoms with Crippen molar-refractivity contribution < 1.29 is 13.7 Å². The van der Waals surface area contributed by atoms with Gasteiger partial charge in [-0.05, 0) is 0 Å². The van der Waals surface area contributed by atoms with Crippen LogP contribution in [0.4, 0.5) is 0 Å². The van der Waals surface area contributed by atoms with Crippen molar-refractivity contribution in [1.29, 1.82) is 0 Å². The summed E-state index contributed by atoms with van der Waals surface area (Å²) in [6.07, 6.45) is 0. The Morgan fingerprint density at radius 3 is 2.04 bits per heavy atom. The average molecular weight is 393 g/mol. The predicted octanol–water partition coefficient (Wildman–Crippen LogP) is 2.38. The van der Waals surface area contributed by atoms with Crippen LogP contribution in [0.2, 0.25) is 0 Å². The van der Waals surface area contributed by atoms with Crippen molar-refractivity contribution in [2.24, 2.45) is 0 Å². The van der Waals surface area contributed by atoms with Gasteiger partial charge in [0.2, 0.25) is 0 Å². The van der Waals surface area contributed by atoms with E-state index in [1.165, 1.54) is 0 Å². The van der Waals surface area contributed by atoms with Crippen molar-refractivity contribution >= 4 is 25.5 Å². The third kappa shape index (κ3) is 3.37. The molecule has 1 heterocycles. The Hall–Kier alpha value is -1.95. The summed E-state index contributed by atoms with van der Waals surface area (Å²) in [7, 11) is 1.95. The molecule has 0 saturated carbocycles. The van der Waals surface area contributed by atoms with Gasteiger partial charge in [-0.3, -0.25) is 0 Å². The standard InChI is InChI=1S/C16H14N2O3SSe/c1-20-12-5-3-11(4-6-12)15-16(23-18-17-15)22(19)14-9-7-13(21-2)8-10-14/h3-10H,1-2H3. The SMILES string of the molecule is COc1ccc(-c2nn[se]c2S(=O)c2ccc(OC)cc2)cc1. The predicted molar refractivity (Wildman–Crippen MR) is 88.6 cm³/mol. The van der Waals surface area contributed by atoms with Crippen molar-refractivity contribution in [1.82, 2.24) is 9.19 Å². The average Bonchev–Trinajstić information content (AvgIpc) is 3.11. The second kappa shape index (κ2) is 7.08. The molecule has 0 fully saturated rings. The summed E-state index contributed by atoms with van der Waals surface area (Å²) in [5, 5.41) is 4.20. The summed E-state index contributed by atoms with van der Waals surface area (Å²) >= 11 is -0.250. The van der Waals surface area contributed by atoms with Gasteiger partial charge in [0, 0.05) is 0 Å². The van der Waals surface area contributed by atoms with Crippen molar-refractivity contribution in [3.8, 4) is 22.8 Å². The Kier molecular flexibility index (Phi) is 4.90. The summed E-state index contributed by atoms with van der Waals surface area (Å²) in [6.45, 7) is 0. The van der Waals surface area contributed by atoms with E-state index in [2.05, 4.69) is 9.19 Å². The van der Waals surface area contributed by atoms with Crippen LogP contribution < -0.4 is 9.47 Å². The van der Waals surface area contributed by atoms with Crippen molar-refractivity contribution in [3.63, 3.8) is 0 Å². The van der Waals surface area contributed by atoms with Crippen molar-refractivity contribution in [2.75, 3.05) is 14.2 Å². The molecule has 1 atom stereocenters. The zero-order valence-electron chi connectivity index (χ0n) is 12.6. The number of rotatable bonds is 5. The van der Waals surface area contributed by atoms with Gasteiger partial charge in [-0.2, -0.15) is 0 Å². The van der Waals surface area contributed by atoms with Crippen LogP contribution in [-0.2, 0) is 10.8 Å². The Morgan fingerprint density at radius 1 is 0.913 bits per heavy atom. The molecule has 0 amide bonds. The number of methoxy groups -OCH3 is 2. The fourth-order valence-corrected chi connectivity index (χ4v) is 5.17. The maximum atomic E-state index is 12.8. The number of benzene rings is 2. The second-order valence-corrected chi connectivity index (χ2v) is 8.16. The zero-order chi connectivity index (χ0) is 16.2. The molecular formula is C16H14N2O3SSe. The van der Waals surface area contributed by atoms with E-state index < -0.39 is 10.8 Å². The molecule has 0 radical (unpaired) electrons. The second-order valence-electron chi connectivity index (χ2n) is 4.58. The number of ether oxygens (including phenoxy) is 2. The van der Waals surface area contributed by atoms with Gasteiger partial charge < -0.3 is 0 Å². The molecule has 1 aromatic heterocycles. The number of hydrogen-bond donors (Lipinski definition) is 0. The monoisotopic (exact) mass is 394 g/mol. The molecule has 0 spiro atoms. The van der Waals surface area contributed by atoms with Crippen molar-refractivity contribution in [2.45, 2.75) is 8.66 Å². The third-order valence-corrected chi connectivity index (χ3v) is 6.93. The molecule has 0 aliphatic carbocycles. The fourth-order valence-electron chi connectivity index (χ4n) is 2.03. The van der Waals surface area contributed by atoms with Crippen LogP contribution >= 0.6 is 0 Å². The topological polar surface area (TPSA) is 61.3 Å². The fraction of sp³-hybridized carbons (Fsp3) is 0.125. The Balaban J connectivity index is 1.94. The number of hydrogen-bond acceptors (Lipinski definition) is 5. The van der Waals surface area contributed by atoms with E-state index in [4.69, 9.17) is 9.47 Å². The van der Waals surface area contributed by atoms with E-state index in [1.807, 2.05) is 36.4 Å². The summed E-state index contributed by atoms with van der Waals surface area (Å²) < 4.78 is 28.0. The molecule has 5 nitrogen and oxygen atoms in total. The molecule has 0 saturated heterocycles. The summed E-state index contributed by atoms with van der Waals surface area (Å²) in [6, 6.07) is 14.7. The summed E-state index contributed by atoms with van der Waals surface area (Å²) in [4.78, 5) is 0.723. The van der Waals surface area contributed by atoms with Gasteiger partial charge in [-0.15, -0.1) is 0 Å². The van der Waals surface area contributed by atoms with E-state index in [9.17, 15) is 4.21 Å². The molecule has 118 valence electrons. The van der Waals surface area contributed by atoms with E-state index in [-0.39, 0.29) is 14.7 Å². The van der Waals surface area contributed by atoms with Gasteiger partial charge in [0.15, 0.2) is 0 Å². The molecule has 0 aliphatic heterocycles. The van der Waals surface area contributed by atoms with Gasteiger partial charge in [-0.25, -0.2) is 0 Å². The molecule has 0 aliphatic rings. The molecule has 0 N–H and O–H groups in total. The van der Waals surface area contributed by atoms with E-state index in [1.54, 1.807) is 26.4 Å². The minimum absolute atomic E-state index is 0.250. The molecule has 23 heavy (non-hydrogen) atoms. The molecule has 3 aromatic rings. The third-order valence-electron chi connectivity index (χ3n) is 3.26. The van der Waals surface area contributed by atoms with Gasteiger partial charge >= 0.3 is 143 Å². The van der Waals surface area contributed by atoms with Crippen LogP contribution in [0.5, 0.6) is 11.5 Å². The van der Waals surface area contributed by atoms with Gasteiger partial charge in [-0.1, -0.05) is 0 Å². The zero-order valence-corrected chi connectivity index (χ0v) is 15.1. The first-order chi connectivity index (χ1) is 11.2. The maximum absolute atomic E-state index is 12.8. The first-order valence-electron chi connectivity index (χ1n) is 6.75. The summed E-state index contributed by atoms with van der Waals surface area (Å²) in [5.41, 5.74) is 1.59. The quantitative estimate of drug-likeness (QED) is 0.623. The summed E-state index contributed by atoms with van der Waals surface area (Å²) in [5.74, 6) is 1.51.